The molecule has 0 amide bonds. The molecule has 8 heteroatoms. The average Bonchev–Trinajstić information content (AvgIpc) is 3.39. The topological polar surface area (TPSA) is 92.9 Å². The van der Waals surface area contributed by atoms with Crippen molar-refractivity contribution in [3.05, 3.63) is 89.8 Å². The Kier molecular flexibility index (Phi) is 7.42. The highest BCUT2D eigenvalue weighted by Crippen LogP contribution is 2.32. The van der Waals surface area contributed by atoms with E-state index in [0.717, 1.165) is 5.56 Å². The molecule has 0 N–H and O–H groups in total. The summed E-state index contributed by atoms with van der Waals surface area (Å²) in [5.74, 6) is 1.73. The number of esters is 1. The van der Waals surface area contributed by atoms with Gasteiger partial charge in [-0.25, -0.2) is 4.79 Å². The maximum atomic E-state index is 13.1. The van der Waals surface area contributed by atoms with Crippen LogP contribution in [0.4, 0.5) is 0 Å². The molecule has 0 aliphatic rings. The zero-order valence-electron chi connectivity index (χ0n) is 19.6. The molecule has 0 fully saturated rings. The number of carbonyl (C=O) groups excluding carboxylic acids is 1. The normalized spacial score (nSPS) is 11.1. The van der Waals surface area contributed by atoms with Crippen molar-refractivity contribution in [3.8, 4) is 28.6 Å². The SMILES string of the molecule is COc1ccc(-c2noc(COC(=O)C(=Cc3ccccc3OC)c3ccccc3)n2)c(OC)c1. The number of para-hydroxylation sites is 1. The van der Waals surface area contributed by atoms with Gasteiger partial charge in [0.2, 0.25) is 5.82 Å². The van der Waals surface area contributed by atoms with Crippen LogP contribution in [0.3, 0.4) is 0 Å². The summed E-state index contributed by atoms with van der Waals surface area (Å²) >= 11 is 0. The van der Waals surface area contributed by atoms with E-state index in [0.29, 0.717) is 39.8 Å². The Labute approximate surface area is 202 Å². The van der Waals surface area contributed by atoms with Gasteiger partial charge >= 0.3 is 5.97 Å². The molecular formula is C27H24N2O6. The van der Waals surface area contributed by atoms with Crippen LogP contribution in [0.25, 0.3) is 23.0 Å². The Morgan fingerprint density at radius 3 is 2.37 bits per heavy atom. The summed E-state index contributed by atoms with van der Waals surface area (Å²) in [5, 5.41) is 3.99. The van der Waals surface area contributed by atoms with E-state index in [-0.39, 0.29) is 12.5 Å². The maximum Gasteiger partial charge on any atom is 0.339 e. The number of carbonyl (C=O) groups is 1. The Morgan fingerprint density at radius 2 is 1.63 bits per heavy atom. The number of rotatable bonds is 9. The second-order valence-corrected chi connectivity index (χ2v) is 7.32. The van der Waals surface area contributed by atoms with E-state index in [2.05, 4.69) is 10.1 Å². The van der Waals surface area contributed by atoms with Crippen LogP contribution in [-0.4, -0.2) is 37.4 Å². The predicted molar refractivity (Wildman–Crippen MR) is 130 cm³/mol. The lowest BCUT2D eigenvalue weighted by Gasteiger charge is -2.10. The third-order valence-corrected chi connectivity index (χ3v) is 5.19. The van der Waals surface area contributed by atoms with Gasteiger partial charge in [0.05, 0.1) is 32.5 Å². The minimum absolute atomic E-state index is 0.149. The first-order valence-electron chi connectivity index (χ1n) is 10.7. The van der Waals surface area contributed by atoms with Crippen molar-refractivity contribution in [3.63, 3.8) is 0 Å². The molecule has 4 aromatic rings. The maximum absolute atomic E-state index is 13.1. The summed E-state index contributed by atoms with van der Waals surface area (Å²) in [4.78, 5) is 17.5. The molecule has 0 saturated carbocycles. The third-order valence-electron chi connectivity index (χ3n) is 5.19. The molecule has 0 radical (unpaired) electrons. The van der Waals surface area contributed by atoms with E-state index in [1.165, 1.54) is 0 Å². The van der Waals surface area contributed by atoms with Crippen LogP contribution in [0.5, 0.6) is 17.2 Å². The highest BCUT2D eigenvalue weighted by Gasteiger charge is 2.18. The first-order chi connectivity index (χ1) is 17.1. The lowest BCUT2D eigenvalue weighted by atomic mass is 10.0. The first-order valence-corrected chi connectivity index (χ1v) is 10.7. The Balaban J connectivity index is 1.55. The first kappa shape index (κ1) is 23.6. The van der Waals surface area contributed by atoms with Gasteiger partial charge in [-0.1, -0.05) is 53.7 Å². The van der Waals surface area contributed by atoms with Gasteiger partial charge in [-0.15, -0.1) is 0 Å². The van der Waals surface area contributed by atoms with E-state index >= 15 is 0 Å². The summed E-state index contributed by atoms with van der Waals surface area (Å²) in [6.07, 6.45) is 1.73. The number of hydrogen-bond acceptors (Lipinski definition) is 8. The predicted octanol–water partition coefficient (Wildman–Crippen LogP) is 5.05. The zero-order chi connectivity index (χ0) is 24.6. The molecule has 0 atom stereocenters. The number of ether oxygens (including phenoxy) is 4. The minimum Gasteiger partial charge on any atom is -0.497 e. The van der Waals surface area contributed by atoms with Crippen molar-refractivity contribution in [1.82, 2.24) is 10.1 Å². The smallest absolute Gasteiger partial charge is 0.339 e. The van der Waals surface area contributed by atoms with Crippen LogP contribution in [0, 0.1) is 0 Å². The van der Waals surface area contributed by atoms with E-state index in [9.17, 15) is 4.79 Å². The summed E-state index contributed by atoms with van der Waals surface area (Å²) in [6, 6.07) is 21.9. The van der Waals surface area contributed by atoms with Crippen molar-refractivity contribution in [2.75, 3.05) is 21.3 Å². The van der Waals surface area contributed by atoms with Crippen molar-refractivity contribution in [1.29, 1.82) is 0 Å². The summed E-state index contributed by atoms with van der Waals surface area (Å²) in [7, 11) is 4.69. The summed E-state index contributed by atoms with van der Waals surface area (Å²) < 4.78 is 26.9. The van der Waals surface area contributed by atoms with Crippen molar-refractivity contribution >= 4 is 17.6 Å². The fourth-order valence-corrected chi connectivity index (χ4v) is 3.43. The van der Waals surface area contributed by atoms with Crippen LogP contribution < -0.4 is 14.2 Å². The van der Waals surface area contributed by atoms with Gasteiger partial charge in [-0.2, -0.15) is 4.98 Å². The number of aromatic nitrogens is 2. The monoisotopic (exact) mass is 472 g/mol. The summed E-state index contributed by atoms with van der Waals surface area (Å²) in [5.41, 5.74) is 2.44. The van der Waals surface area contributed by atoms with Crippen molar-refractivity contribution in [2.24, 2.45) is 0 Å². The third kappa shape index (κ3) is 5.50. The molecule has 178 valence electrons. The Morgan fingerprint density at radius 1 is 0.886 bits per heavy atom. The standard InChI is InChI=1S/C27H24N2O6/c1-31-20-13-14-21(24(16-20)33-3)26-28-25(35-29-26)17-34-27(30)22(18-9-5-4-6-10-18)15-19-11-7-8-12-23(19)32-2/h4-16H,17H2,1-3H3. The average molecular weight is 472 g/mol. The van der Waals surface area contributed by atoms with Gasteiger partial charge in [0.1, 0.15) is 17.2 Å². The van der Waals surface area contributed by atoms with Gasteiger partial charge in [-0.3, -0.25) is 0 Å². The molecule has 0 saturated heterocycles. The Bertz CT molecular complexity index is 1330. The second-order valence-electron chi connectivity index (χ2n) is 7.32. The molecule has 0 spiro atoms. The summed E-state index contributed by atoms with van der Waals surface area (Å²) in [6.45, 7) is -0.194. The Hall–Kier alpha value is -4.59. The van der Waals surface area contributed by atoms with Gasteiger partial charge in [0.25, 0.3) is 5.89 Å². The molecule has 0 bridgehead atoms. The fraction of sp³-hybridized carbons (Fsp3) is 0.148. The number of nitrogens with zero attached hydrogens (tertiary/aromatic N) is 2. The zero-order valence-corrected chi connectivity index (χ0v) is 19.6. The molecule has 0 unspecified atom stereocenters. The number of benzene rings is 3. The molecule has 0 aliphatic heterocycles. The molecule has 8 nitrogen and oxygen atoms in total. The van der Waals surface area contributed by atoms with Crippen LogP contribution in [0.15, 0.2) is 77.3 Å². The number of methoxy groups -OCH3 is 3. The number of hydrogen-bond donors (Lipinski definition) is 0. The quantitative estimate of drug-likeness (QED) is 0.190. The molecule has 4 rings (SSSR count). The van der Waals surface area contributed by atoms with E-state index in [1.54, 1.807) is 45.6 Å². The van der Waals surface area contributed by atoms with E-state index in [1.807, 2.05) is 54.6 Å². The van der Waals surface area contributed by atoms with Gasteiger partial charge in [-0.05, 0) is 29.8 Å². The second kappa shape index (κ2) is 11.0. The molecule has 1 aromatic heterocycles. The van der Waals surface area contributed by atoms with Gasteiger partial charge in [0.15, 0.2) is 6.61 Å². The molecule has 3 aromatic carbocycles. The highest BCUT2D eigenvalue weighted by atomic mass is 16.6. The van der Waals surface area contributed by atoms with Gasteiger partial charge < -0.3 is 23.5 Å². The molecule has 1 heterocycles. The lowest BCUT2D eigenvalue weighted by Crippen LogP contribution is -2.08. The van der Waals surface area contributed by atoms with E-state index in [4.69, 9.17) is 23.5 Å². The highest BCUT2D eigenvalue weighted by molar-refractivity contribution is 6.21. The fourth-order valence-electron chi connectivity index (χ4n) is 3.43. The van der Waals surface area contributed by atoms with Crippen molar-refractivity contribution < 1.29 is 28.3 Å². The van der Waals surface area contributed by atoms with Crippen LogP contribution in [0.2, 0.25) is 0 Å². The minimum atomic E-state index is -0.538. The van der Waals surface area contributed by atoms with Gasteiger partial charge in [0, 0.05) is 11.6 Å². The van der Waals surface area contributed by atoms with Crippen LogP contribution in [-0.2, 0) is 16.1 Å². The van der Waals surface area contributed by atoms with Crippen LogP contribution >= 0.6 is 0 Å². The van der Waals surface area contributed by atoms with E-state index < -0.39 is 5.97 Å². The van der Waals surface area contributed by atoms with Crippen molar-refractivity contribution in [2.45, 2.75) is 6.61 Å². The molecular weight excluding hydrogens is 448 g/mol. The molecule has 35 heavy (non-hydrogen) atoms. The largest absolute Gasteiger partial charge is 0.497 e. The lowest BCUT2D eigenvalue weighted by molar-refractivity contribution is -0.138. The molecule has 0 aliphatic carbocycles. The van der Waals surface area contributed by atoms with Crippen LogP contribution in [0.1, 0.15) is 17.0 Å².